The van der Waals surface area contributed by atoms with E-state index in [4.69, 9.17) is 10.5 Å². The average molecular weight is 504 g/mol. The first-order chi connectivity index (χ1) is 17.3. The predicted octanol–water partition coefficient (Wildman–Crippen LogP) is 4.33. The van der Waals surface area contributed by atoms with E-state index < -0.39 is 10.2 Å². The van der Waals surface area contributed by atoms with Gasteiger partial charge in [-0.2, -0.15) is 18.4 Å². The maximum atomic E-state index is 12.2. The first-order valence-corrected chi connectivity index (χ1v) is 13.0. The number of ether oxygens (including phenoxy) is 1. The third-order valence-corrected chi connectivity index (χ3v) is 7.00. The molecule has 0 saturated heterocycles. The highest BCUT2D eigenvalue weighted by molar-refractivity contribution is 7.90. The number of hydrogen-bond acceptors (Lipinski definition) is 7. The minimum absolute atomic E-state index is 0.106. The van der Waals surface area contributed by atoms with Crippen LogP contribution in [0, 0.1) is 11.3 Å². The molecule has 2 aromatic carbocycles. The highest BCUT2D eigenvalue weighted by atomic mass is 32.2. The molecule has 36 heavy (non-hydrogen) atoms. The second-order valence-electron chi connectivity index (χ2n) is 8.92. The van der Waals surface area contributed by atoms with Gasteiger partial charge in [-0.05, 0) is 51.0 Å². The van der Waals surface area contributed by atoms with Crippen LogP contribution in [-0.4, -0.2) is 29.0 Å². The molecule has 5 rings (SSSR count). The minimum Gasteiger partial charge on any atom is -0.436 e. The summed E-state index contributed by atoms with van der Waals surface area (Å²) in [6.07, 6.45) is 4.98. The van der Waals surface area contributed by atoms with Gasteiger partial charge in [0.2, 0.25) is 5.69 Å². The molecule has 1 aliphatic rings. The Labute approximate surface area is 208 Å². The fourth-order valence-corrected chi connectivity index (χ4v) is 5.29. The van der Waals surface area contributed by atoms with Gasteiger partial charge in [0.25, 0.3) is 16.1 Å². The number of anilines is 2. The summed E-state index contributed by atoms with van der Waals surface area (Å²) in [5, 5.41) is 10.2. The molecular weight excluding hydrogens is 478 g/mol. The number of nitrogens with one attached hydrogen (secondary N) is 2. The number of aromatic nitrogens is 3. The molecule has 0 bridgehead atoms. The number of fused-ring (bicyclic) bond motifs is 1. The van der Waals surface area contributed by atoms with Gasteiger partial charge in [-0.1, -0.05) is 12.1 Å². The van der Waals surface area contributed by atoms with Gasteiger partial charge in [0.15, 0.2) is 0 Å². The summed E-state index contributed by atoms with van der Waals surface area (Å²) in [5.41, 5.74) is 10.5. The molecule has 1 fully saturated rings. The molecule has 2 heterocycles. The SMILES string of the molecule is CC(C)NS(=O)(=O)Nc1ccc(-c2c(N)c3ccc(Oc4nccnc4C#N)cc3n2C2CC2)cc1. The molecule has 184 valence electrons. The minimum atomic E-state index is -3.66. The molecule has 1 aliphatic carbocycles. The average Bonchev–Trinajstić information content (AvgIpc) is 3.63. The fourth-order valence-electron chi connectivity index (χ4n) is 4.17. The second-order valence-corrected chi connectivity index (χ2v) is 10.4. The van der Waals surface area contributed by atoms with E-state index in [2.05, 4.69) is 24.0 Å². The molecular formula is C25H25N7O3S. The monoisotopic (exact) mass is 503 g/mol. The second kappa shape index (κ2) is 9.14. The van der Waals surface area contributed by atoms with E-state index in [1.54, 1.807) is 32.0 Å². The molecule has 11 heteroatoms. The predicted molar refractivity (Wildman–Crippen MR) is 138 cm³/mol. The van der Waals surface area contributed by atoms with Gasteiger partial charge >= 0.3 is 0 Å². The summed E-state index contributed by atoms with van der Waals surface area (Å²) in [4.78, 5) is 8.11. The molecule has 0 unspecified atom stereocenters. The van der Waals surface area contributed by atoms with Crippen LogP contribution >= 0.6 is 0 Å². The Balaban J connectivity index is 1.52. The molecule has 4 aromatic rings. The van der Waals surface area contributed by atoms with E-state index in [1.165, 1.54) is 12.4 Å². The number of nitriles is 1. The van der Waals surface area contributed by atoms with Crippen LogP contribution in [0.2, 0.25) is 0 Å². The van der Waals surface area contributed by atoms with Crippen LogP contribution in [0.15, 0.2) is 54.9 Å². The molecule has 0 aliphatic heterocycles. The van der Waals surface area contributed by atoms with Crippen LogP contribution in [0.4, 0.5) is 11.4 Å². The summed E-state index contributed by atoms with van der Waals surface area (Å²) in [6.45, 7) is 3.52. The summed E-state index contributed by atoms with van der Waals surface area (Å²) in [7, 11) is -3.66. The van der Waals surface area contributed by atoms with Crippen LogP contribution in [0.25, 0.3) is 22.2 Å². The van der Waals surface area contributed by atoms with Gasteiger partial charge in [-0.15, -0.1) is 0 Å². The molecule has 4 N–H and O–H groups in total. The van der Waals surface area contributed by atoms with Crippen LogP contribution in [0.3, 0.4) is 0 Å². The van der Waals surface area contributed by atoms with Gasteiger partial charge in [-0.25, -0.2) is 9.97 Å². The van der Waals surface area contributed by atoms with E-state index in [1.807, 2.05) is 30.3 Å². The molecule has 2 aromatic heterocycles. The van der Waals surface area contributed by atoms with Crippen molar-refractivity contribution < 1.29 is 13.2 Å². The topological polar surface area (TPSA) is 148 Å². The zero-order valence-electron chi connectivity index (χ0n) is 19.8. The lowest BCUT2D eigenvalue weighted by Gasteiger charge is -2.13. The number of nitrogen functional groups attached to an aromatic ring is 1. The van der Waals surface area contributed by atoms with Crippen molar-refractivity contribution in [2.24, 2.45) is 0 Å². The highest BCUT2D eigenvalue weighted by Crippen LogP contribution is 2.47. The Bertz CT molecular complexity index is 1580. The standard InChI is InChI=1S/C25H25N7O3S/c1-15(2)30-36(33,34)31-17-5-3-16(4-6-17)24-23(27)20-10-9-19(13-22(20)32(24)18-7-8-18)35-25-21(14-26)28-11-12-29-25/h3-6,9-13,15,18,30-31H,7-8,27H2,1-2H3. The summed E-state index contributed by atoms with van der Waals surface area (Å²) < 4.78 is 37.5. The van der Waals surface area contributed by atoms with Gasteiger partial charge < -0.3 is 15.0 Å². The highest BCUT2D eigenvalue weighted by Gasteiger charge is 2.30. The van der Waals surface area contributed by atoms with Crippen molar-refractivity contribution in [1.29, 1.82) is 5.26 Å². The van der Waals surface area contributed by atoms with E-state index in [0.717, 1.165) is 35.0 Å². The number of benzene rings is 2. The zero-order chi connectivity index (χ0) is 25.4. The van der Waals surface area contributed by atoms with Crippen molar-refractivity contribution in [1.82, 2.24) is 19.3 Å². The number of nitrogens with zero attached hydrogens (tertiary/aromatic N) is 4. The Kier molecular flexibility index (Phi) is 5.99. The number of hydrogen-bond donors (Lipinski definition) is 3. The Hall–Kier alpha value is -4.14. The van der Waals surface area contributed by atoms with Crippen molar-refractivity contribution in [3.05, 3.63) is 60.6 Å². The van der Waals surface area contributed by atoms with Crippen LogP contribution < -0.4 is 19.9 Å². The molecule has 0 amide bonds. The normalized spacial score (nSPS) is 13.6. The van der Waals surface area contributed by atoms with Gasteiger partial charge in [0, 0.05) is 47.2 Å². The molecule has 0 radical (unpaired) electrons. The third-order valence-electron chi connectivity index (χ3n) is 5.71. The largest absolute Gasteiger partial charge is 0.436 e. The zero-order valence-corrected chi connectivity index (χ0v) is 20.6. The summed E-state index contributed by atoms with van der Waals surface area (Å²) in [6, 6.07) is 14.8. The van der Waals surface area contributed by atoms with Gasteiger partial charge in [0.1, 0.15) is 11.8 Å². The van der Waals surface area contributed by atoms with Crippen molar-refractivity contribution in [3.8, 4) is 29.0 Å². The smallest absolute Gasteiger partial charge is 0.299 e. The maximum Gasteiger partial charge on any atom is 0.299 e. The first kappa shape index (κ1) is 23.6. The van der Waals surface area contributed by atoms with Crippen molar-refractivity contribution in [3.63, 3.8) is 0 Å². The lowest BCUT2D eigenvalue weighted by molar-refractivity contribution is 0.458. The van der Waals surface area contributed by atoms with Gasteiger partial charge in [0.05, 0.1) is 16.9 Å². The number of nitrogens with two attached hydrogens (primary N) is 1. The Morgan fingerprint density at radius 3 is 2.53 bits per heavy atom. The van der Waals surface area contributed by atoms with E-state index in [0.29, 0.717) is 23.2 Å². The lowest BCUT2D eigenvalue weighted by Crippen LogP contribution is -2.35. The summed E-state index contributed by atoms with van der Waals surface area (Å²) in [5.74, 6) is 0.662. The van der Waals surface area contributed by atoms with Crippen molar-refractivity contribution >= 4 is 32.5 Å². The number of rotatable bonds is 8. The van der Waals surface area contributed by atoms with E-state index >= 15 is 0 Å². The van der Waals surface area contributed by atoms with Crippen molar-refractivity contribution in [2.45, 2.75) is 38.8 Å². The van der Waals surface area contributed by atoms with Gasteiger partial charge in [-0.3, -0.25) is 4.72 Å². The van der Waals surface area contributed by atoms with E-state index in [-0.39, 0.29) is 17.6 Å². The molecule has 10 nitrogen and oxygen atoms in total. The fraction of sp³-hybridized carbons (Fsp3) is 0.240. The van der Waals surface area contributed by atoms with E-state index in [9.17, 15) is 13.7 Å². The third kappa shape index (κ3) is 4.68. The molecule has 0 atom stereocenters. The van der Waals surface area contributed by atoms with Crippen molar-refractivity contribution in [2.75, 3.05) is 10.5 Å². The van der Waals surface area contributed by atoms with Crippen LogP contribution in [0.1, 0.15) is 38.4 Å². The van der Waals surface area contributed by atoms with Crippen LogP contribution in [-0.2, 0) is 10.2 Å². The lowest BCUT2D eigenvalue weighted by atomic mass is 10.1. The quantitative estimate of drug-likeness (QED) is 0.324. The Morgan fingerprint density at radius 1 is 1.14 bits per heavy atom. The van der Waals surface area contributed by atoms with Crippen LogP contribution in [0.5, 0.6) is 11.6 Å². The maximum absolute atomic E-state index is 12.2. The summed E-state index contributed by atoms with van der Waals surface area (Å²) >= 11 is 0. The molecule has 1 saturated carbocycles. The Morgan fingerprint density at radius 2 is 1.86 bits per heavy atom. The molecule has 0 spiro atoms. The first-order valence-electron chi connectivity index (χ1n) is 11.5.